The number of likely N-dealkylation sites (tertiary alicyclic amines) is 1. The van der Waals surface area contributed by atoms with Crippen molar-refractivity contribution in [2.75, 3.05) is 20.1 Å². The number of aromatic nitrogens is 1. The van der Waals surface area contributed by atoms with Crippen molar-refractivity contribution < 1.29 is 9.59 Å². The van der Waals surface area contributed by atoms with E-state index < -0.39 is 0 Å². The smallest absolute Gasteiger partial charge is 0.224 e. The van der Waals surface area contributed by atoms with E-state index in [0.717, 1.165) is 36.7 Å². The predicted octanol–water partition coefficient (Wildman–Crippen LogP) is 2.43. The lowest BCUT2D eigenvalue weighted by Crippen LogP contribution is -2.45. The molecule has 28 heavy (non-hydrogen) atoms. The van der Waals surface area contributed by atoms with E-state index in [1.807, 2.05) is 14.0 Å². The fourth-order valence-corrected chi connectivity index (χ4v) is 4.31. The Bertz CT molecular complexity index is 696. The van der Waals surface area contributed by atoms with Crippen molar-refractivity contribution in [3.05, 3.63) is 29.1 Å². The normalized spacial score (nSPS) is 22.3. The molecule has 2 fully saturated rings. The Hall–Kier alpha value is -1.95. The third kappa shape index (κ3) is 5.77. The van der Waals surface area contributed by atoms with E-state index >= 15 is 0 Å². The van der Waals surface area contributed by atoms with Gasteiger partial charge in [0.2, 0.25) is 11.8 Å². The van der Waals surface area contributed by atoms with Gasteiger partial charge >= 0.3 is 0 Å². The van der Waals surface area contributed by atoms with E-state index in [0.29, 0.717) is 25.6 Å². The quantitative estimate of drug-likeness (QED) is 0.745. The van der Waals surface area contributed by atoms with Crippen molar-refractivity contribution in [1.82, 2.24) is 20.1 Å². The maximum absolute atomic E-state index is 12.9. The summed E-state index contributed by atoms with van der Waals surface area (Å²) in [7, 11) is 1.87. The summed E-state index contributed by atoms with van der Waals surface area (Å²) >= 11 is 0. The lowest BCUT2D eigenvalue weighted by Gasteiger charge is -2.31. The van der Waals surface area contributed by atoms with E-state index in [2.05, 4.69) is 34.3 Å². The van der Waals surface area contributed by atoms with E-state index in [9.17, 15) is 9.59 Å². The van der Waals surface area contributed by atoms with Gasteiger partial charge in [-0.25, -0.2) is 0 Å². The highest BCUT2D eigenvalue weighted by Crippen LogP contribution is 2.35. The molecule has 1 saturated heterocycles. The van der Waals surface area contributed by atoms with Gasteiger partial charge in [0.25, 0.3) is 0 Å². The standard InChI is InChI=1S/C22H34N4O2/c1-15-9-16(2)24-19(10-15)14-25(4)22(28)11-20-7-8-21(12-23-17(3)27)26(20)13-18-5-6-18/h9-10,18,20-21H,5-8,11-14H2,1-4H3,(H,23,27)/t20-,21+/m0/s1. The van der Waals surface area contributed by atoms with Gasteiger partial charge in [0.15, 0.2) is 0 Å². The van der Waals surface area contributed by atoms with Crippen molar-refractivity contribution in [2.45, 2.75) is 71.5 Å². The molecular formula is C22H34N4O2. The van der Waals surface area contributed by atoms with Gasteiger partial charge in [0.05, 0.1) is 12.2 Å². The first kappa shape index (κ1) is 20.8. The van der Waals surface area contributed by atoms with Gasteiger partial charge in [-0.1, -0.05) is 0 Å². The first-order chi connectivity index (χ1) is 13.3. The minimum absolute atomic E-state index is 0.0200. The van der Waals surface area contributed by atoms with Crippen molar-refractivity contribution >= 4 is 11.8 Å². The van der Waals surface area contributed by atoms with Crippen LogP contribution >= 0.6 is 0 Å². The maximum atomic E-state index is 12.9. The van der Waals surface area contributed by atoms with Crippen LogP contribution in [0.1, 0.15) is 56.0 Å². The number of hydrogen-bond acceptors (Lipinski definition) is 4. The van der Waals surface area contributed by atoms with Gasteiger partial charge in [0.1, 0.15) is 0 Å². The Morgan fingerprint density at radius 2 is 1.89 bits per heavy atom. The highest BCUT2D eigenvalue weighted by Gasteiger charge is 2.38. The predicted molar refractivity (Wildman–Crippen MR) is 110 cm³/mol. The molecule has 1 aliphatic heterocycles. The number of nitrogens with zero attached hydrogens (tertiary/aromatic N) is 3. The van der Waals surface area contributed by atoms with Crippen molar-refractivity contribution in [3.8, 4) is 0 Å². The molecule has 1 saturated carbocycles. The van der Waals surface area contributed by atoms with E-state index in [1.54, 1.807) is 11.8 Å². The molecule has 1 aliphatic carbocycles. The van der Waals surface area contributed by atoms with Crippen molar-refractivity contribution in [3.63, 3.8) is 0 Å². The number of hydrogen-bond donors (Lipinski definition) is 1. The second-order valence-corrected chi connectivity index (χ2v) is 8.69. The average Bonchev–Trinajstić information content (AvgIpc) is 3.34. The second-order valence-electron chi connectivity index (χ2n) is 8.69. The molecule has 1 N–H and O–H groups in total. The molecule has 1 aromatic heterocycles. The first-order valence-corrected chi connectivity index (χ1v) is 10.5. The van der Waals surface area contributed by atoms with Gasteiger partial charge in [-0.3, -0.25) is 19.5 Å². The highest BCUT2D eigenvalue weighted by atomic mass is 16.2. The molecule has 0 aromatic carbocycles. The number of amides is 2. The van der Waals surface area contributed by atoms with Gasteiger partial charge in [-0.2, -0.15) is 0 Å². The number of carbonyl (C=O) groups is 2. The van der Waals surface area contributed by atoms with Crippen LogP contribution in [0.2, 0.25) is 0 Å². The molecule has 6 heteroatoms. The van der Waals surface area contributed by atoms with Gasteiger partial charge in [-0.05, 0) is 63.1 Å². The molecule has 2 amide bonds. The van der Waals surface area contributed by atoms with Crippen LogP contribution in [0, 0.1) is 19.8 Å². The number of aryl methyl sites for hydroxylation is 2. The molecule has 1 aromatic rings. The molecule has 154 valence electrons. The zero-order valence-corrected chi connectivity index (χ0v) is 17.7. The zero-order chi connectivity index (χ0) is 20.3. The fraction of sp³-hybridized carbons (Fsp3) is 0.682. The van der Waals surface area contributed by atoms with Crippen LogP contribution in [-0.4, -0.2) is 58.8 Å². The molecule has 0 bridgehead atoms. The second kappa shape index (κ2) is 9.03. The third-order valence-corrected chi connectivity index (χ3v) is 5.91. The summed E-state index contributed by atoms with van der Waals surface area (Å²) in [5, 5.41) is 2.97. The highest BCUT2D eigenvalue weighted by molar-refractivity contribution is 5.76. The molecule has 6 nitrogen and oxygen atoms in total. The number of rotatable bonds is 8. The minimum atomic E-state index is 0.0200. The minimum Gasteiger partial charge on any atom is -0.355 e. The number of pyridine rings is 1. The SMILES string of the molecule is CC(=O)NC[C@H]1CC[C@@H](CC(=O)N(C)Cc2cc(C)cc(C)n2)N1CC1CC1. The summed E-state index contributed by atoms with van der Waals surface area (Å²) in [5.74, 6) is 0.964. The molecule has 2 aliphatic rings. The Balaban J connectivity index is 1.58. The fourth-order valence-electron chi connectivity index (χ4n) is 4.31. The topological polar surface area (TPSA) is 65.5 Å². The van der Waals surface area contributed by atoms with Crippen LogP contribution in [0.25, 0.3) is 0 Å². The lowest BCUT2D eigenvalue weighted by atomic mass is 10.1. The van der Waals surface area contributed by atoms with Crippen LogP contribution in [0.15, 0.2) is 12.1 Å². The molecule has 2 heterocycles. The van der Waals surface area contributed by atoms with Gasteiger partial charge in [-0.15, -0.1) is 0 Å². The molecule has 0 unspecified atom stereocenters. The summed E-state index contributed by atoms with van der Waals surface area (Å²) in [6.45, 7) is 7.91. The number of nitrogens with one attached hydrogen (secondary N) is 1. The van der Waals surface area contributed by atoms with E-state index in [-0.39, 0.29) is 17.9 Å². The van der Waals surface area contributed by atoms with Crippen molar-refractivity contribution in [1.29, 1.82) is 0 Å². The molecule has 3 rings (SSSR count). The zero-order valence-electron chi connectivity index (χ0n) is 17.7. The molecule has 0 spiro atoms. The van der Waals surface area contributed by atoms with Gasteiger partial charge < -0.3 is 10.2 Å². The summed E-state index contributed by atoms with van der Waals surface area (Å²) in [4.78, 5) is 33.1. The van der Waals surface area contributed by atoms with Gasteiger partial charge in [0, 0.05) is 51.3 Å². The van der Waals surface area contributed by atoms with Crippen LogP contribution in [0.3, 0.4) is 0 Å². The Labute approximate surface area is 168 Å². The Kier molecular flexibility index (Phi) is 6.70. The van der Waals surface area contributed by atoms with Crippen LogP contribution in [0.4, 0.5) is 0 Å². The summed E-state index contributed by atoms with van der Waals surface area (Å²) in [6.07, 6.45) is 5.21. The Morgan fingerprint density at radius 3 is 2.54 bits per heavy atom. The third-order valence-electron chi connectivity index (χ3n) is 5.91. The average molecular weight is 387 g/mol. The lowest BCUT2D eigenvalue weighted by molar-refractivity contribution is -0.131. The van der Waals surface area contributed by atoms with Crippen LogP contribution < -0.4 is 5.32 Å². The number of carbonyl (C=O) groups excluding carboxylic acids is 2. The Morgan fingerprint density at radius 1 is 1.18 bits per heavy atom. The van der Waals surface area contributed by atoms with E-state index in [1.165, 1.54) is 18.4 Å². The molecular weight excluding hydrogens is 352 g/mol. The largest absolute Gasteiger partial charge is 0.355 e. The van der Waals surface area contributed by atoms with Crippen LogP contribution in [0.5, 0.6) is 0 Å². The van der Waals surface area contributed by atoms with Crippen LogP contribution in [-0.2, 0) is 16.1 Å². The molecule has 2 atom stereocenters. The van der Waals surface area contributed by atoms with E-state index in [4.69, 9.17) is 0 Å². The van der Waals surface area contributed by atoms with Crippen molar-refractivity contribution in [2.24, 2.45) is 5.92 Å². The summed E-state index contributed by atoms with van der Waals surface area (Å²) in [6, 6.07) is 4.74. The monoisotopic (exact) mass is 386 g/mol. The first-order valence-electron chi connectivity index (χ1n) is 10.5. The summed E-state index contributed by atoms with van der Waals surface area (Å²) < 4.78 is 0. The maximum Gasteiger partial charge on any atom is 0.224 e. The molecule has 0 radical (unpaired) electrons. The summed E-state index contributed by atoms with van der Waals surface area (Å²) in [5.41, 5.74) is 3.11.